The van der Waals surface area contributed by atoms with E-state index in [0.717, 1.165) is 12.8 Å². The Morgan fingerprint density at radius 2 is 2.00 bits per heavy atom. The van der Waals surface area contributed by atoms with Gasteiger partial charge in [0.1, 0.15) is 11.4 Å². The number of hydrogen-bond acceptors (Lipinski definition) is 4. The first-order valence-electron chi connectivity index (χ1n) is 9.74. The number of benzene rings is 1. The maximum Gasteiger partial charge on any atom is 0.325 e. The predicted octanol–water partition coefficient (Wildman–Crippen LogP) is 1.87. The number of urea groups is 1. The minimum atomic E-state index is -0.743. The number of anilines is 1. The summed E-state index contributed by atoms with van der Waals surface area (Å²) in [7, 11) is 1.49. The molecule has 156 valence electrons. The van der Waals surface area contributed by atoms with E-state index in [4.69, 9.17) is 0 Å². The van der Waals surface area contributed by atoms with Crippen molar-refractivity contribution in [1.82, 2.24) is 15.1 Å². The Balaban J connectivity index is 1.42. The molecule has 0 radical (unpaired) electrons. The van der Waals surface area contributed by atoms with Crippen LogP contribution in [0.1, 0.15) is 38.5 Å². The number of imide groups is 1. The highest BCUT2D eigenvalue weighted by molar-refractivity contribution is 6.07. The maximum atomic E-state index is 13.2. The van der Waals surface area contributed by atoms with Gasteiger partial charge >= 0.3 is 6.03 Å². The molecule has 1 heterocycles. The van der Waals surface area contributed by atoms with Crippen LogP contribution in [0.25, 0.3) is 0 Å². The summed E-state index contributed by atoms with van der Waals surface area (Å²) < 4.78 is 13.2. The second kappa shape index (κ2) is 8.59. The van der Waals surface area contributed by atoms with E-state index in [9.17, 15) is 23.6 Å². The third-order valence-corrected chi connectivity index (χ3v) is 5.39. The monoisotopic (exact) mass is 404 g/mol. The molecule has 2 aliphatic rings. The molecule has 1 saturated heterocycles. The molecule has 0 aromatic heterocycles. The molecule has 1 spiro atoms. The fourth-order valence-corrected chi connectivity index (χ4v) is 3.85. The number of carbonyl (C=O) groups excluding carboxylic acids is 4. The molecular weight excluding hydrogens is 379 g/mol. The summed E-state index contributed by atoms with van der Waals surface area (Å²) in [6.07, 6.45) is 3.59. The van der Waals surface area contributed by atoms with Crippen LogP contribution in [-0.2, 0) is 14.4 Å². The van der Waals surface area contributed by atoms with Gasteiger partial charge in [-0.2, -0.15) is 0 Å². The van der Waals surface area contributed by atoms with Crippen molar-refractivity contribution in [1.29, 1.82) is 0 Å². The van der Waals surface area contributed by atoms with E-state index < -0.39 is 23.3 Å². The van der Waals surface area contributed by atoms with Gasteiger partial charge in [-0.05, 0) is 37.5 Å². The number of amides is 5. The topological polar surface area (TPSA) is 98.8 Å². The van der Waals surface area contributed by atoms with Crippen LogP contribution in [0, 0.1) is 5.82 Å². The van der Waals surface area contributed by atoms with Crippen molar-refractivity contribution in [2.45, 2.75) is 44.1 Å². The van der Waals surface area contributed by atoms with Crippen LogP contribution in [0.4, 0.5) is 14.9 Å². The molecule has 1 aliphatic carbocycles. The van der Waals surface area contributed by atoms with E-state index >= 15 is 0 Å². The zero-order valence-electron chi connectivity index (χ0n) is 16.4. The molecule has 0 atom stereocenters. The van der Waals surface area contributed by atoms with Gasteiger partial charge in [0.25, 0.3) is 5.91 Å². The van der Waals surface area contributed by atoms with Gasteiger partial charge in [-0.15, -0.1) is 0 Å². The van der Waals surface area contributed by atoms with E-state index in [2.05, 4.69) is 10.6 Å². The number of hydrogen-bond donors (Lipinski definition) is 2. The van der Waals surface area contributed by atoms with Crippen molar-refractivity contribution in [3.63, 3.8) is 0 Å². The second-order valence-electron chi connectivity index (χ2n) is 7.59. The number of nitrogens with one attached hydrogen (secondary N) is 2. The van der Waals surface area contributed by atoms with Gasteiger partial charge in [-0.1, -0.05) is 18.9 Å². The Morgan fingerprint density at radius 3 is 2.69 bits per heavy atom. The summed E-state index contributed by atoms with van der Waals surface area (Å²) in [4.78, 5) is 51.4. The lowest BCUT2D eigenvalue weighted by molar-refractivity contribution is -0.134. The van der Waals surface area contributed by atoms with Crippen molar-refractivity contribution in [2.75, 3.05) is 25.5 Å². The van der Waals surface area contributed by atoms with Gasteiger partial charge in [-0.3, -0.25) is 19.3 Å². The van der Waals surface area contributed by atoms with Crippen LogP contribution >= 0.6 is 0 Å². The van der Waals surface area contributed by atoms with Crippen LogP contribution in [0.3, 0.4) is 0 Å². The van der Waals surface area contributed by atoms with E-state index in [1.165, 1.54) is 35.0 Å². The molecule has 2 fully saturated rings. The summed E-state index contributed by atoms with van der Waals surface area (Å²) in [6.45, 7) is -0.0108. The Morgan fingerprint density at radius 1 is 1.28 bits per heavy atom. The molecule has 1 aromatic carbocycles. The fourth-order valence-electron chi connectivity index (χ4n) is 3.85. The normalized spacial score (nSPS) is 17.5. The van der Waals surface area contributed by atoms with Crippen LogP contribution < -0.4 is 10.6 Å². The molecule has 1 aliphatic heterocycles. The van der Waals surface area contributed by atoms with Crippen molar-refractivity contribution in [3.05, 3.63) is 30.1 Å². The Bertz CT molecular complexity index is 822. The van der Waals surface area contributed by atoms with Crippen LogP contribution in [0.5, 0.6) is 0 Å². The molecule has 3 rings (SSSR count). The lowest BCUT2D eigenvalue weighted by atomic mass is 9.98. The zero-order valence-corrected chi connectivity index (χ0v) is 16.4. The summed E-state index contributed by atoms with van der Waals surface area (Å²) in [5, 5.41) is 5.34. The lowest BCUT2D eigenvalue weighted by Crippen LogP contribution is -2.44. The Labute approximate surface area is 168 Å². The number of rotatable bonds is 7. The van der Waals surface area contributed by atoms with Gasteiger partial charge in [0.15, 0.2) is 0 Å². The van der Waals surface area contributed by atoms with Gasteiger partial charge in [0.2, 0.25) is 11.8 Å². The van der Waals surface area contributed by atoms with Gasteiger partial charge < -0.3 is 15.5 Å². The third-order valence-electron chi connectivity index (χ3n) is 5.39. The highest BCUT2D eigenvalue weighted by Gasteiger charge is 2.52. The summed E-state index contributed by atoms with van der Waals surface area (Å²) in [5.41, 5.74) is -0.428. The largest absolute Gasteiger partial charge is 0.336 e. The van der Waals surface area contributed by atoms with Gasteiger partial charge in [0, 0.05) is 25.7 Å². The minimum absolute atomic E-state index is 0.105. The van der Waals surface area contributed by atoms with Crippen LogP contribution in [0.15, 0.2) is 24.3 Å². The molecule has 1 saturated carbocycles. The Kier molecular flexibility index (Phi) is 6.14. The zero-order chi connectivity index (χ0) is 21.0. The fraction of sp³-hybridized carbons (Fsp3) is 0.500. The molecule has 29 heavy (non-hydrogen) atoms. The number of likely N-dealkylation sites (N-methyl/N-ethyl adjacent to an activating group) is 1. The summed E-state index contributed by atoms with van der Waals surface area (Å²) in [6, 6.07) is 5.09. The Hall–Kier alpha value is -2.97. The average Bonchev–Trinajstić information content (AvgIpc) is 3.21. The summed E-state index contributed by atoms with van der Waals surface area (Å²) in [5.74, 6) is -1.38. The van der Waals surface area contributed by atoms with E-state index in [1.807, 2.05) is 0 Å². The van der Waals surface area contributed by atoms with Crippen molar-refractivity contribution >= 4 is 29.4 Å². The first-order valence-corrected chi connectivity index (χ1v) is 9.74. The molecule has 0 bridgehead atoms. The number of halogens is 1. The molecule has 2 N–H and O–H groups in total. The van der Waals surface area contributed by atoms with Crippen LogP contribution in [0.2, 0.25) is 0 Å². The van der Waals surface area contributed by atoms with E-state index in [0.29, 0.717) is 24.9 Å². The van der Waals surface area contributed by atoms with Crippen molar-refractivity contribution in [3.8, 4) is 0 Å². The van der Waals surface area contributed by atoms with Crippen molar-refractivity contribution < 1.29 is 23.6 Å². The predicted molar refractivity (Wildman–Crippen MR) is 103 cm³/mol. The van der Waals surface area contributed by atoms with Crippen LogP contribution in [-0.4, -0.2) is 59.2 Å². The molecule has 5 amide bonds. The number of carbonyl (C=O) groups is 4. The van der Waals surface area contributed by atoms with E-state index in [1.54, 1.807) is 6.07 Å². The van der Waals surface area contributed by atoms with Gasteiger partial charge in [-0.25, -0.2) is 9.18 Å². The second-order valence-corrected chi connectivity index (χ2v) is 7.59. The van der Waals surface area contributed by atoms with Gasteiger partial charge in [0.05, 0.1) is 6.54 Å². The SMILES string of the molecule is CN(CC(=O)Nc1cccc(F)c1)C(=O)CCCN1C(=O)NC2(CCCC2)C1=O. The molecule has 0 unspecified atom stereocenters. The highest BCUT2D eigenvalue weighted by Crippen LogP contribution is 2.35. The lowest BCUT2D eigenvalue weighted by Gasteiger charge is -2.20. The summed E-state index contributed by atoms with van der Waals surface area (Å²) >= 11 is 0. The minimum Gasteiger partial charge on any atom is -0.336 e. The number of nitrogens with zero attached hydrogens (tertiary/aromatic N) is 2. The quantitative estimate of drug-likeness (QED) is 0.678. The molecule has 9 heteroatoms. The first-order chi connectivity index (χ1) is 13.8. The smallest absolute Gasteiger partial charge is 0.325 e. The highest BCUT2D eigenvalue weighted by atomic mass is 19.1. The standard InChI is InChI=1S/C20H25FN4O4/c1-24(13-16(26)22-15-7-4-6-14(21)12-15)17(27)8-5-11-25-18(28)20(23-19(25)29)9-2-3-10-20/h4,6-7,12H,2-3,5,8-11,13H2,1H3,(H,22,26)(H,23,29). The maximum absolute atomic E-state index is 13.2. The van der Waals surface area contributed by atoms with E-state index in [-0.39, 0.29) is 31.3 Å². The third kappa shape index (κ3) is 4.72. The molecular formula is C20H25FN4O4. The molecule has 1 aromatic rings. The van der Waals surface area contributed by atoms with Crippen molar-refractivity contribution in [2.24, 2.45) is 0 Å². The molecule has 8 nitrogen and oxygen atoms in total. The average molecular weight is 404 g/mol. The first kappa shape index (κ1) is 20.8.